The Kier molecular flexibility index (Phi) is 5.81. The average Bonchev–Trinajstić information content (AvgIpc) is 3.22. The molecule has 1 aliphatic rings. The van der Waals surface area contributed by atoms with Crippen LogP contribution in [-0.4, -0.2) is 55.3 Å². The Bertz CT molecular complexity index is 1130. The number of hydrogen-bond donors (Lipinski definition) is 4. The number of fused-ring (bicyclic) bond motifs is 1. The number of rotatable bonds is 5. The molecule has 4 N–H and O–H groups in total. The van der Waals surface area contributed by atoms with Gasteiger partial charge in [0.1, 0.15) is 30.2 Å². The molecule has 9 nitrogen and oxygen atoms in total. The Balaban J connectivity index is 1.72. The highest BCUT2D eigenvalue weighted by molar-refractivity contribution is 6.42. The zero-order valence-electron chi connectivity index (χ0n) is 16.3. The lowest BCUT2D eigenvalue weighted by Gasteiger charge is -2.32. The van der Waals surface area contributed by atoms with E-state index >= 15 is 0 Å². The second kappa shape index (κ2) is 8.14. The van der Waals surface area contributed by atoms with Gasteiger partial charge in [-0.1, -0.05) is 29.3 Å². The van der Waals surface area contributed by atoms with Gasteiger partial charge in [-0.3, -0.25) is 4.84 Å². The first-order chi connectivity index (χ1) is 14.7. The summed E-state index contributed by atoms with van der Waals surface area (Å²) in [6.45, 7) is 1.41. The molecule has 166 valence electrons. The predicted molar refractivity (Wildman–Crippen MR) is 110 cm³/mol. The Morgan fingerprint density at radius 3 is 2.65 bits per heavy atom. The van der Waals surface area contributed by atoms with Gasteiger partial charge in [-0.2, -0.15) is 0 Å². The summed E-state index contributed by atoms with van der Waals surface area (Å²) in [6.07, 6.45) is -3.27. The molecule has 0 aliphatic carbocycles. The predicted octanol–water partition coefficient (Wildman–Crippen LogP) is 2.38. The maximum absolute atomic E-state index is 14.7. The van der Waals surface area contributed by atoms with Crippen molar-refractivity contribution in [3.63, 3.8) is 0 Å². The summed E-state index contributed by atoms with van der Waals surface area (Å²) in [5, 5.41) is 33.0. The molecular weight excluding hydrogens is 454 g/mol. The second-order valence-electron chi connectivity index (χ2n) is 7.32. The van der Waals surface area contributed by atoms with Crippen molar-refractivity contribution in [2.75, 3.05) is 12.6 Å². The molecular formula is C19H19Cl2FN4O5. The number of hydrogen-bond acceptors (Lipinski definition) is 8. The van der Waals surface area contributed by atoms with E-state index in [1.165, 1.54) is 43.1 Å². The molecule has 0 amide bonds. The first-order valence-corrected chi connectivity index (χ1v) is 9.92. The second-order valence-corrected chi connectivity index (χ2v) is 8.13. The molecule has 0 bridgehead atoms. The minimum absolute atomic E-state index is 0.00864. The van der Waals surface area contributed by atoms with Gasteiger partial charge in [0, 0.05) is 6.20 Å². The van der Waals surface area contributed by atoms with Crippen LogP contribution < -0.4 is 5.48 Å². The van der Waals surface area contributed by atoms with Crippen molar-refractivity contribution in [2.24, 2.45) is 0 Å². The highest BCUT2D eigenvalue weighted by Gasteiger charge is 2.52. The van der Waals surface area contributed by atoms with Gasteiger partial charge >= 0.3 is 0 Å². The van der Waals surface area contributed by atoms with Crippen molar-refractivity contribution in [1.82, 2.24) is 14.5 Å². The molecule has 12 heteroatoms. The number of nitrogens with one attached hydrogen (secondary N) is 1. The van der Waals surface area contributed by atoms with Crippen LogP contribution in [0.2, 0.25) is 10.0 Å². The SMILES string of the molecule is CONc1ncnc2c1c(F)cn2C1OC([C@](C)(O)c2ccc(Cl)c(Cl)c2)C(O)C1O. The molecule has 4 rings (SSSR count). The van der Waals surface area contributed by atoms with Crippen LogP contribution in [0.4, 0.5) is 10.2 Å². The topological polar surface area (TPSA) is 122 Å². The number of aromatic nitrogens is 3. The van der Waals surface area contributed by atoms with Crippen molar-refractivity contribution in [3.8, 4) is 0 Å². The third kappa shape index (κ3) is 3.64. The van der Waals surface area contributed by atoms with Crippen molar-refractivity contribution in [3.05, 3.63) is 52.1 Å². The molecule has 1 saturated heterocycles. The molecule has 3 heterocycles. The summed E-state index contributed by atoms with van der Waals surface area (Å²) in [6, 6.07) is 4.48. The molecule has 4 unspecified atom stereocenters. The van der Waals surface area contributed by atoms with Gasteiger partial charge in [0.25, 0.3) is 0 Å². The molecule has 0 radical (unpaired) electrons. The molecule has 1 fully saturated rings. The Morgan fingerprint density at radius 1 is 1.23 bits per heavy atom. The third-order valence-electron chi connectivity index (χ3n) is 5.33. The highest BCUT2D eigenvalue weighted by atomic mass is 35.5. The van der Waals surface area contributed by atoms with Crippen LogP contribution in [0, 0.1) is 5.82 Å². The Labute approximate surface area is 185 Å². The molecule has 0 spiro atoms. The van der Waals surface area contributed by atoms with Gasteiger partial charge in [0.15, 0.2) is 23.5 Å². The zero-order chi connectivity index (χ0) is 22.5. The van der Waals surface area contributed by atoms with E-state index in [-0.39, 0.29) is 21.9 Å². The van der Waals surface area contributed by atoms with E-state index < -0.39 is 36.0 Å². The lowest BCUT2D eigenvalue weighted by atomic mass is 9.87. The number of ether oxygens (including phenoxy) is 1. The van der Waals surface area contributed by atoms with E-state index in [4.69, 9.17) is 32.8 Å². The van der Waals surface area contributed by atoms with Gasteiger partial charge in [-0.05, 0) is 24.6 Å². The van der Waals surface area contributed by atoms with E-state index in [1.807, 2.05) is 0 Å². The average molecular weight is 473 g/mol. The van der Waals surface area contributed by atoms with Gasteiger partial charge in [0.2, 0.25) is 0 Å². The normalized spacial score (nSPS) is 25.7. The van der Waals surface area contributed by atoms with Crippen LogP contribution in [0.15, 0.2) is 30.7 Å². The number of aliphatic hydroxyl groups is 3. The molecule has 5 atom stereocenters. The number of anilines is 1. The Hall–Kier alpha value is -2.05. The summed E-state index contributed by atoms with van der Waals surface area (Å²) < 4.78 is 21.7. The van der Waals surface area contributed by atoms with E-state index in [2.05, 4.69) is 15.4 Å². The van der Waals surface area contributed by atoms with Crippen molar-refractivity contribution >= 4 is 40.1 Å². The van der Waals surface area contributed by atoms with Crippen LogP contribution >= 0.6 is 23.2 Å². The molecule has 2 aromatic heterocycles. The van der Waals surface area contributed by atoms with Gasteiger partial charge in [-0.25, -0.2) is 19.8 Å². The summed E-state index contributed by atoms with van der Waals surface area (Å²) in [5.41, 5.74) is 1.11. The van der Waals surface area contributed by atoms with Crippen LogP contribution in [0.3, 0.4) is 0 Å². The maximum Gasteiger partial charge on any atom is 0.165 e. The van der Waals surface area contributed by atoms with Crippen LogP contribution in [0.5, 0.6) is 0 Å². The van der Waals surface area contributed by atoms with E-state index in [0.717, 1.165) is 6.20 Å². The lowest BCUT2D eigenvalue weighted by Crippen LogP contribution is -2.45. The summed E-state index contributed by atoms with van der Waals surface area (Å²) in [5.74, 6) is -0.615. The largest absolute Gasteiger partial charge is 0.387 e. The molecule has 3 aromatic rings. The highest BCUT2D eigenvalue weighted by Crippen LogP contribution is 2.42. The first kappa shape index (κ1) is 22.2. The smallest absolute Gasteiger partial charge is 0.165 e. The molecule has 0 saturated carbocycles. The number of nitrogens with zero attached hydrogens (tertiary/aromatic N) is 3. The van der Waals surface area contributed by atoms with Crippen molar-refractivity contribution in [1.29, 1.82) is 0 Å². The third-order valence-corrected chi connectivity index (χ3v) is 6.07. The van der Waals surface area contributed by atoms with Crippen LogP contribution in [0.25, 0.3) is 11.0 Å². The van der Waals surface area contributed by atoms with Crippen molar-refractivity contribution < 1.29 is 29.3 Å². The lowest BCUT2D eigenvalue weighted by molar-refractivity contribution is -0.135. The molecule has 1 aromatic carbocycles. The standard InChI is InChI=1S/C19H19Cl2FN4O5/c1-19(29,8-3-4-9(20)10(21)5-8)15-13(27)14(28)18(31-15)26-6-11(22)12-16(25-30-2)23-7-24-17(12)26/h3-7,13-15,18,27-29H,1-2H3,(H,23,24,25)/t13?,14?,15?,18?,19-/m1/s1. The van der Waals surface area contributed by atoms with Crippen LogP contribution in [0.1, 0.15) is 18.7 Å². The number of benzene rings is 1. The number of aliphatic hydroxyl groups excluding tert-OH is 2. The van der Waals surface area contributed by atoms with E-state index in [9.17, 15) is 19.7 Å². The van der Waals surface area contributed by atoms with Gasteiger partial charge in [0.05, 0.1) is 22.5 Å². The summed E-state index contributed by atoms with van der Waals surface area (Å²) >= 11 is 12.0. The van der Waals surface area contributed by atoms with Crippen LogP contribution in [-0.2, 0) is 15.2 Å². The Morgan fingerprint density at radius 2 is 1.97 bits per heavy atom. The molecule has 1 aliphatic heterocycles. The summed E-state index contributed by atoms with van der Waals surface area (Å²) in [4.78, 5) is 12.8. The van der Waals surface area contributed by atoms with E-state index in [0.29, 0.717) is 10.6 Å². The van der Waals surface area contributed by atoms with E-state index in [1.54, 1.807) is 0 Å². The first-order valence-electron chi connectivity index (χ1n) is 9.16. The fraction of sp³-hybridized carbons (Fsp3) is 0.368. The molecule has 31 heavy (non-hydrogen) atoms. The summed E-state index contributed by atoms with van der Waals surface area (Å²) in [7, 11) is 1.35. The fourth-order valence-electron chi connectivity index (χ4n) is 3.74. The minimum atomic E-state index is -1.76. The monoisotopic (exact) mass is 472 g/mol. The van der Waals surface area contributed by atoms with Gasteiger partial charge in [-0.15, -0.1) is 0 Å². The van der Waals surface area contributed by atoms with Gasteiger partial charge < -0.3 is 24.6 Å². The number of halogens is 3. The zero-order valence-corrected chi connectivity index (χ0v) is 17.8. The van der Waals surface area contributed by atoms with Crippen molar-refractivity contribution in [2.45, 2.75) is 37.1 Å². The quantitative estimate of drug-likeness (QED) is 0.417. The maximum atomic E-state index is 14.7. The minimum Gasteiger partial charge on any atom is -0.387 e. The fourth-order valence-corrected chi connectivity index (χ4v) is 4.04.